The summed E-state index contributed by atoms with van der Waals surface area (Å²) in [6.45, 7) is 5.71. The third-order valence-corrected chi connectivity index (χ3v) is 5.55. The fourth-order valence-corrected chi connectivity index (χ4v) is 3.79. The van der Waals surface area contributed by atoms with Gasteiger partial charge < -0.3 is 9.63 Å². The van der Waals surface area contributed by atoms with E-state index in [0.29, 0.717) is 49.4 Å². The molecule has 1 N–H and O–H groups in total. The number of aromatic nitrogens is 3. The Balaban J connectivity index is 1.52. The Morgan fingerprint density at radius 1 is 1.23 bits per heavy atom. The van der Waals surface area contributed by atoms with Crippen LogP contribution in [-0.2, 0) is 24.2 Å². The van der Waals surface area contributed by atoms with E-state index in [1.165, 1.54) is 6.07 Å². The number of rotatable bonds is 8. The van der Waals surface area contributed by atoms with Gasteiger partial charge in [0.1, 0.15) is 5.82 Å². The lowest BCUT2D eigenvalue weighted by atomic mass is 10.0. The lowest BCUT2D eigenvalue weighted by Crippen LogP contribution is -2.49. The minimum Gasteiger partial charge on any atom is -0.481 e. The van der Waals surface area contributed by atoms with E-state index in [4.69, 9.17) is 14.6 Å². The lowest BCUT2D eigenvalue weighted by molar-refractivity contribution is -0.147. The molecule has 0 radical (unpaired) electrons. The first-order chi connectivity index (χ1) is 15.0. The molecule has 0 aliphatic carbocycles. The standard InChI is InChI=1S/C23H25FN4O3/c1-3-5-14-6-7-15(10-19(14)24)22-26-21(27-31-22)18-9-8-17(25-20(18)4-2)13-28-11-16(12-28)23(29)30/h6-10,16H,3-5,11-13H2,1-2H3,(H,29,30). The van der Waals surface area contributed by atoms with Gasteiger partial charge in [0.15, 0.2) is 0 Å². The van der Waals surface area contributed by atoms with Gasteiger partial charge >= 0.3 is 5.97 Å². The number of likely N-dealkylation sites (tertiary alicyclic amines) is 1. The van der Waals surface area contributed by atoms with Crippen molar-refractivity contribution >= 4 is 5.97 Å². The Labute approximate surface area is 179 Å². The Morgan fingerprint density at radius 2 is 2.03 bits per heavy atom. The molecule has 1 aromatic carbocycles. The summed E-state index contributed by atoms with van der Waals surface area (Å²) < 4.78 is 19.7. The maximum Gasteiger partial charge on any atom is 0.309 e. The van der Waals surface area contributed by atoms with Gasteiger partial charge in [-0.1, -0.05) is 31.5 Å². The van der Waals surface area contributed by atoms with Gasteiger partial charge in [-0.25, -0.2) is 4.39 Å². The molecule has 3 aromatic rings. The van der Waals surface area contributed by atoms with Crippen LogP contribution in [0.4, 0.5) is 4.39 Å². The van der Waals surface area contributed by atoms with Crippen LogP contribution in [-0.4, -0.2) is 44.2 Å². The first-order valence-electron chi connectivity index (χ1n) is 10.5. The molecule has 0 unspecified atom stereocenters. The van der Waals surface area contributed by atoms with Crippen LogP contribution in [0, 0.1) is 11.7 Å². The maximum absolute atomic E-state index is 14.3. The fraction of sp³-hybridized carbons (Fsp3) is 0.391. The molecular weight excluding hydrogens is 399 g/mol. The summed E-state index contributed by atoms with van der Waals surface area (Å²) in [5, 5.41) is 13.1. The molecule has 3 heterocycles. The molecule has 0 spiro atoms. The van der Waals surface area contributed by atoms with Gasteiger partial charge in [0.2, 0.25) is 5.82 Å². The summed E-state index contributed by atoms with van der Waals surface area (Å²) in [6.07, 6.45) is 2.25. The summed E-state index contributed by atoms with van der Waals surface area (Å²) in [7, 11) is 0. The minimum absolute atomic E-state index is 0.267. The number of carboxylic acids is 1. The Bertz CT molecular complexity index is 1090. The van der Waals surface area contributed by atoms with Crippen LogP contribution in [0.3, 0.4) is 0 Å². The smallest absolute Gasteiger partial charge is 0.309 e. The zero-order valence-corrected chi connectivity index (χ0v) is 17.6. The number of benzene rings is 1. The number of carboxylic acid groups (broad SMARTS) is 1. The molecule has 1 aliphatic rings. The molecule has 2 aromatic heterocycles. The van der Waals surface area contributed by atoms with Crippen LogP contribution < -0.4 is 0 Å². The number of halogens is 1. The van der Waals surface area contributed by atoms with Crippen molar-refractivity contribution in [3.05, 3.63) is 53.1 Å². The van der Waals surface area contributed by atoms with Crippen LogP contribution >= 0.6 is 0 Å². The predicted molar refractivity (Wildman–Crippen MR) is 113 cm³/mol. The van der Waals surface area contributed by atoms with Gasteiger partial charge in [0.05, 0.1) is 17.3 Å². The SMILES string of the molecule is CCCc1ccc(-c2nc(-c3ccc(CN4CC(C(=O)O)C4)nc3CC)no2)cc1F. The average Bonchev–Trinajstić information content (AvgIpc) is 3.21. The van der Waals surface area contributed by atoms with Crippen LogP contribution in [0.15, 0.2) is 34.9 Å². The summed E-state index contributed by atoms with van der Waals surface area (Å²) in [5.41, 5.74) is 3.71. The predicted octanol–water partition coefficient (Wildman–Crippen LogP) is 3.97. The van der Waals surface area contributed by atoms with Crippen molar-refractivity contribution in [2.75, 3.05) is 13.1 Å². The fourth-order valence-electron chi connectivity index (χ4n) is 3.79. The molecule has 1 saturated heterocycles. The first-order valence-corrected chi connectivity index (χ1v) is 10.5. The van der Waals surface area contributed by atoms with Gasteiger partial charge in [-0.3, -0.25) is 14.7 Å². The minimum atomic E-state index is -0.749. The number of nitrogens with zero attached hydrogens (tertiary/aromatic N) is 4. The average molecular weight is 424 g/mol. The highest BCUT2D eigenvalue weighted by atomic mass is 19.1. The summed E-state index contributed by atoms with van der Waals surface area (Å²) in [6, 6.07) is 8.80. The zero-order chi connectivity index (χ0) is 22.0. The first kappa shape index (κ1) is 21.1. The molecule has 7 nitrogen and oxygen atoms in total. The van der Waals surface area contributed by atoms with E-state index >= 15 is 0 Å². The van der Waals surface area contributed by atoms with Crippen molar-refractivity contribution in [3.63, 3.8) is 0 Å². The van der Waals surface area contributed by atoms with Crippen LogP contribution in [0.25, 0.3) is 22.8 Å². The van der Waals surface area contributed by atoms with E-state index < -0.39 is 5.97 Å². The lowest BCUT2D eigenvalue weighted by Gasteiger charge is -2.36. The molecule has 0 amide bonds. The molecule has 0 atom stereocenters. The second-order valence-corrected chi connectivity index (χ2v) is 7.86. The molecule has 1 aliphatic heterocycles. The van der Waals surface area contributed by atoms with E-state index in [-0.39, 0.29) is 17.6 Å². The van der Waals surface area contributed by atoms with Crippen LogP contribution in [0.5, 0.6) is 0 Å². The van der Waals surface area contributed by atoms with Crippen molar-refractivity contribution in [1.29, 1.82) is 0 Å². The summed E-state index contributed by atoms with van der Waals surface area (Å²) in [4.78, 5) is 22.2. The normalized spacial score (nSPS) is 14.5. The van der Waals surface area contributed by atoms with Gasteiger partial charge in [-0.05, 0) is 42.7 Å². The van der Waals surface area contributed by atoms with E-state index in [1.54, 1.807) is 12.1 Å². The largest absolute Gasteiger partial charge is 0.481 e. The molecular formula is C23H25FN4O3. The topological polar surface area (TPSA) is 92.4 Å². The number of pyridine rings is 1. The van der Waals surface area contributed by atoms with Gasteiger partial charge in [-0.2, -0.15) is 4.98 Å². The highest BCUT2D eigenvalue weighted by molar-refractivity contribution is 5.71. The van der Waals surface area contributed by atoms with Gasteiger partial charge in [-0.15, -0.1) is 0 Å². The van der Waals surface area contributed by atoms with Crippen LogP contribution in [0.1, 0.15) is 37.2 Å². The van der Waals surface area contributed by atoms with Crippen molar-refractivity contribution in [3.8, 4) is 22.8 Å². The second-order valence-electron chi connectivity index (χ2n) is 7.86. The third kappa shape index (κ3) is 4.49. The van der Waals surface area contributed by atoms with Gasteiger partial charge in [0.25, 0.3) is 5.89 Å². The number of hydrogen-bond donors (Lipinski definition) is 1. The molecule has 162 valence electrons. The van der Waals surface area contributed by atoms with Gasteiger partial charge in [0, 0.05) is 30.8 Å². The second kappa shape index (κ2) is 8.93. The van der Waals surface area contributed by atoms with E-state index in [1.807, 2.05) is 26.0 Å². The Morgan fingerprint density at radius 3 is 2.71 bits per heavy atom. The number of carbonyl (C=O) groups is 1. The van der Waals surface area contributed by atoms with Crippen molar-refractivity contribution in [2.24, 2.45) is 5.92 Å². The molecule has 0 saturated carbocycles. The summed E-state index contributed by atoms with van der Waals surface area (Å²) in [5.74, 6) is -0.622. The zero-order valence-electron chi connectivity index (χ0n) is 17.6. The molecule has 1 fully saturated rings. The number of aliphatic carboxylic acids is 1. The quantitative estimate of drug-likeness (QED) is 0.585. The number of hydrogen-bond acceptors (Lipinski definition) is 6. The highest BCUT2D eigenvalue weighted by Gasteiger charge is 2.32. The number of aryl methyl sites for hydroxylation is 2. The Hall–Kier alpha value is -3.13. The maximum atomic E-state index is 14.3. The molecule has 0 bridgehead atoms. The Kier molecular flexibility index (Phi) is 6.08. The van der Waals surface area contributed by atoms with E-state index in [2.05, 4.69) is 15.0 Å². The summed E-state index contributed by atoms with van der Waals surface area (Å²) >= 11 is 0. The van der Waals surface area contributed by atoms with Crippen molar-refractivity contribution < 1.29 is 18.8 Å². The molecule has 31 heavy (non-hydrogen) atoms. The highest BCUT2D eigenvalue weighted by Crippen LogP contribution is 2.27. The third-order valence-electron chi connectivity index (χ3n) is 5.55. The van der Waals surface area contributed by atoms with Crippen molar-refractivity contribution in [2.45, 2.75) is 39.7 Å². The monoisotopic (exact) mass is 424 g/mol. The van der Waals surface area contributed by atoms with Crippen LogP contribution in [0.2, 0.25) is 0 Å². The van der Waals surface area contributed by atoms with E-state index in [9.17, 15) is 9.18 Å². The molecule has 4 rings (SSSR count). The molecule has 8 heteroatoms. The van der Waals surface area contributed by atoms with E-state index in [0.717, 1.165) is 23.4 Å². The van der Waals surface area contributed by atoms with Crippen molar-refractivity contribution in [1.82, 2.24) is 20.0 Å².